The van der Waals surface area contributed by atoms with Gasteiger partial charge in [-0.05, 0) is 24.3 Å². The lowest BCUT2D eigenvalue weighted by molar-refractivity contribution is -0.141. The second-order valence-corrected chi connectivity index (χ2v) is 7.18. The van der Waals surface area contributed by atoms with Gasteiger partial charge >= 0.3 is 5.97 Å². The first-order valence-corrected chi connectivity index (χ1v) is 9.13. The number of ether oxygens (including phenoxy) is 1. The Morgan fingerprint density at radius 3 is 2.76 bits per heavy atom. The van der Waals surface area contributed by atoms with Crippen molar-refractivity contribution in [3.05, 3.63) is 29.0 Å². The topological polar surface area (TPSA) is 72.6 Å². The molecule has 0 aliphatic heterocycles. The fourth-order valence-corrected chi connectivity index (χ4v) is 3.09. The van der Waals surface area contributed by atoms with Crippen LogP contribution in [0.5, 0.6) is 0 Å². The van der Waals surface area contributed by atoms with Crippen molar-refractivity contribution in [2.24, 2.45) is 5.92 Å². The van der Waals surface area contributed by atoms with E-state index in [1.54, 1.807) is 16.2 Å². The lowest BCUT2D eigenvalue weighted by atomic mass is 10.1. The van der Waals surface area contributed by atoms with Crippen molar-refractivity contribution in [1.82, 2.24) is 9.88 Å². The van der Waals surface area contributed by atoms with Crippen molar-refractivity contribution < 1.29 is 18.7 Å². The molecule has 2 rings (SSSR count). The van der Waals surface area contributed by atoms with Crippen LogP contribution in [-0.4, -0.2) is 42.0 Å². The first-order valence-electron chi connectivity index (χ1n) is 8.25. The quantitative estimate of drug-likeness (QED) is 0.672. The second kappa shape index (κ2) is 8.80. The van der Waals surface area contributed by atoms with Crippen LogP contribution in [0.15, 0.2) is 21.9 Å². The van der Waals surface area contributed by atoms with Crippen molar-refractivity contribution in [2.75, 3.05) is 20.2 Å². The Labute approximate surface area is 151 Å². The van der Waals surface area contributed by atoms with Crippen LogP contribution in [0, 0.1) is 12.8 Å². The molecule has 0 aromatic carbocycles. The lowest BCUT2D eigenvalue weighted by Crippen LogP contribution is -2.37. The molecule has 0 aliphatic carbocycles. The molecule has 0 radical (unpaired) electrons. The molecule has 2 heterocycles. The number of hydrogen-bond acceptors (Lipinski definition) is 6. The van der Waals surface area contributed by atoms with E-state index in [9.17, 15) is 9.59 Å². The summed E-state index contributed by atoms with van der Waals surface area (Å²) in [7, 11) is 1.35. The average molecular weight is 364 g/mol. The minimum absolute atomic E-state index is 0.0632. The van der Waals surface area contributed by atoms with Gasteiger partial charge in [-0.3, -0.25) is 9.59 Å². The Morgan fingerprint density at radius 1 is 1.40 bits per heavy atom. The van der Waals surface area contributed by atoms with Gasteiger partial charge in [0.05, 0.1) is 30.5 Å². The Bertz CT molecular complexity index is 707. The maximum Gasteiger partial charge on any atom is 0.307 e. The zero-order chi connectivity index (χ0) is 18.4. The molecule has 0 N–H and O–H groups in total. The summed E-state index contributed by atoms with van der Waals surface area (Å²) < 4.78 is 10.4. The number of methoxy groups -OCH3 is 1. The molecular formula is C18H24N2O4S. The van der Waals surface area contributed by atoms with Crippen LogP contribution in [0.25, 0.3) is 10.8 Å². The van der Waals surface area contributed by atoms with Gasteiger partial charge in [0.25, 0.3) is 0 Å². The fraction of sp³-hybridized carbons (Fsp3) is 0.500. The van der Waals surface area contributed by atoms with Gasteiger partial charge in [-0.1, -0.05) is 19.9 Å². The molecule has 0 aliphatic rings. The maximum atomic E-state index is 12.7. The van der Waals surface area contributed by atoms with E-state index in [0.29, 0.717) is 36.4 Å². The number of nitrogens with zero attached hydrogens (tertiary/aromatic N) is 2. The van der Waals surface area contributed by atoms with Crippen LogP contribution in [0.4, 0.5) is 0 Å². The molecule has 0 spiro atoms. The Kier molecular flexibility index (Phi) is 6.75. The number of amides is 1. The lowest BCUT2D eigenvalue weighted by Gasteiger charge is -2.24. The number of carbonyl (C=O) groups excluding carboxylic acids is 2. The van der Waals surface area contributed by atoms with Crippen LogP contribution in [0.3, 0.4) is 0 Å². The predicted octanol–water partition coefficient (Wildman–Crippen LogP) is 3.30. The standard InChI is InChI=1S/C18H24N2O4S/c1-12(2)11-20(8-7-17(22)23-4)16(21)10-14-13(3)24-18(19-14)15-6-5-9-25-15/h5-6,9,12H,7-8,10-11H2,1-4H3. The summed E-state index contributed by atoms with van der Waals surface area (Å²) in [5.41, 5.74) is 0.639. The van der Waals surface area contributed by atoms with Crippen LogP contribution >= 0.6 is 11.3 Å². The van der Waals surface area contributed by atoms with Crippen molar-refractivity contribution in [3.63, 3.8) is 0 Å². The Hall–Kier alpha value is -2.15. The molecule has 0 fully saturated rings. The maximum absolute atomic E-state index is 12.7. The highest BCUT2D eigenvalue weighted by Gasteiger charge is 2.21. The van der Waals surface area contributed by atoms with Gasteiger partial charge in [0, 0.05) is 13.1 Å². The zero-order valence-electron chi connectivity index (χ0n) is 15.1. The number of hydrogen-bond donors (Lipinski definition) is 0. The Balaban J connectivity index is 2.07. The number of aromatic nitrogens is 1. The molecular weight excluding hydrogens is 340 g/mol. The van der Waals surface area contributed by atoms with Crippen molar-refractivity contribution >= 4 is 23.2 Å². The summed E-state index contributed by atoms with van der Waals surface area (Å²) in [6, 6.07) is 3.87. The third-order valence-electron chi connectivity index (χ3n) is 3.70. The van der Waals surface area contributed by atoms with E-state index in [-0.39, 0.29) is 24.7 Å². The molecule has 1 amide bonds. The molecule has 2 aromatic rings. The van der Waals surface area contributed by atoms with E-state index in [4.69, 9.17) is 4.42 Å². The SMILES string of the molecule is COC(=O)CCN(CC(C)C)C(=O)Cc1nc(-c2cccs2)oc1C. The summed E-state index contributed by atoms with van der Waals surface area (Å²) in [5.74, 6) is 1.11. The molecule has 6 nitrogen and oxygen atoms in total. The summed E-state index contributed by atoms with van der Waals surface area (Å²) in [6.07, 6.45) is 0.349. The first kappa shape index (κ1) is 19.2. The third kappa shape index (κ3) is 5.42. The summed E-state index contributed by atoms with van der Waals surface area (Å²) in [4.78, 5) is 31.2. The molecule has 7 heteroatoms. The van der Waals surface area contributed by atoms with E-state index in [2.05, 4.69) is 9.72 Å². The van der Waals surface area contributed by atoms with E-state index < -0.39 is 0 Å². The number of carbonyl (C=O) groups is 2. The molecule has 136 valence electrons. The van der Waals surface area contributed by atoms with Crippen LogP contribution in [-0.2, 0) is 20.7 Å². The van der Waals surface area contributed by atoms with E-state index in [1.165, 1.54) is 7.11 Å². The molecule has 0 unspecified atom stereocenters. The first-order chi connectivity index (χ1) is 11.9. The highest BCUT2D eigenvalue weighted by molar-refractivity contribution is 7.13. The van der Waals surface area contributed by atoms with Gasteiger partial charge < -0.3 is 14.1 Å². The molecule has 2 aromatic heterocycles. The van der Waals surface area contributed by atoms with Gasteiger partial charge in [0.2, 0.25) is 11.8 Å². The van der Waals surface area contributed by atoms with Crippen LogP contribution in [0.2, 0.25) is 0 Å². The monoisotopic (exact) mass is 364 g/mol. The molecule has 0 atom stereocenters. The number of oxazole rings is 1. The second-order valence-electron chi connectivity index (χ2n) is 6.24. The molecule has 25 heavy (non-hydrogen) atoms. The van der Waals surface area contributed by atoms with E-state index >= 15 is 0 Å². The van der Waals surface area contributed by atoms with Gasteiger partial charge in [-0.15, -0.1) is 11.3 Å². The van der Waals surface area contributed by atoms with E-state index in [0.717, 1.165) is 4.88 Å². The van der Waals surface area contributed by atoms with Gasteiger partial charge in [0.1, 0.15) is 5.76 Å². The van der Waals surface area contributed by atoms with Crippen molar-refractivity contribution in [1.29, 1.82) is 0 Å². The molecule has 0 bridgehead atoms. The average Bonchev–Trinajstić information content (AvgIpc) is 3.21. The third-order valence-corrected chi connectivity index (χ3v) is 4.55. The predicted molar refractivity (Wildman–Crippen MR) is 96.3 cm³/mol. The largest absolute Gasteiger partial charge is 0.469 e. The van der Waals surface area contributed by atoms with E-state index in [1.807, 2.05) is 38.3 Å². The highest BCUT2D eigenvalue weighted by atomic mass is 32.1. The van der Waals surface area contributed by atoms with Gasteiger partial charge in [-0.2, -0.15) is 0 Å². The number of esters is 1. The van der Waals surface area contributed by atoms with Crippen LogP contribution < -0.4 is 0 Å². The number of rotatable bonds is 8. The minimum atomic E-state index is -0.320. The normalized spacial score (nSPS) is 10.9. The minimum Gasteiger partial charge on any atom is -0.469 e. The number of thiophene rings is 1. The summed E-state index contributed by atoms with van der Waals surface area (Å²) in [5, 5.41) is 1.96. The summed E-state index contributed by atoms with van der Waals surface area (Å²) in [6.45, 7) is 6.82. The summed E-state index contributed by atoms with van der Waals surface area (Å²) >= 11 is 1.54. The van der Waals surface area contributed by atoms with Gasteiger partial charge in [-0.25, -0.2) is 4.98 Å². The Morgan fingerprint density at radius 2 is 2.16 bits per heavy atom. The fourth-order valence-electron chi connectivity index (χ4n) is 2.44. The smallest absolute Gasteiger partial charge is 0.307 e. The van der Waals surface area contributed by atoms with Crippen molar-refractivity contribution in [2.45, 2.75) is 33.6 Å². The molecule has 0 saturated heterocycles. The highest BCUT2D eigenvalue weighted by Crippen LogP contribution is 2.26. The van der Waals surface area contributed by atoms with Crippen molar-refractivity contribution in [3.8, 4) is 10.8 Å². The van der Waals surface area contributed by atoms with Gasteiger partial charge in [0.15, 0.2) is 0 Å². The zero-order valence-corrected chi connectivity index (χ0v) is 15.9. The molecule has 0 saturated carbocycles. The number of aryl methyl sites for hydroxylation is 1. The van der Waals surface area contributed by atoms with Crippen LogP contribution in [0.1, 0.15) is 31.7 Å².